The number of aliphatic hydroxyl groups is 2. The van der Waals surface area contributed by atoms with Crippen LogP contribution in [0.3, 0.4) is 0 Å². The molecule has 2 fully saturated rings. The van der Waals surface area contributed by atoms with Crippen LogP contribution in [0.25, 0.3) is 0 Å². The zero-order chi connectivity index (χ0) is 45.5. The van der Waals surface area contributed by atoms with E-state index < -0.39 is 18.2 Å². The van der Waals surface area contributed by atoms with E-state index in [1.165, 1.54) is 12.8 Å². The van der Waals surface area contributed by atoms with E-state index in [0.29, 0.717) is 71.3 Å². The minimum absolute atomic E-state index is 0.00132. The number of allylic oxidation sites excluding steroid dienone is 5. The molecule has 8 N–H and O–H groups in total. The minimum atomic E-state index is -0.791. The zero-order valence-corrected chi connectivity index (χ0v) is 38.7. The Balaban J connectivity index is 1.11. The van der Waals surface area contributed by atoms with Crippen molar-refractivity contribution in [3.05, 3.63) is 123 Å². The Bertz CT molecular complexity index is 2410. The van der Waals surface area contributed by atoms with Crippen molar-refractivity contribution in [2.45, 2.75) is 126 Å². The van der Waals surface area contributed by atoms with Crippen LogP contribution in [0.1, 0.15) is 134 Å². The molecule has 8 rings (SSSR count). The molecule has 8 bridgehead atoms. The number of nitrogens with zero attached hydrogens (tertiary/aromatic N) is 1. The van der Waals surface area contributed by atoms with Crippen LogP contribution < -0.4 is 21.3 Å². The first kappa shape index (κ1) is 47.0. The molecule has 0 amide bonds. The number of benzene rings is 3. The van der Waals surface area contributed by atoms with Crippen molar-refractivity contribution in [1.29, 1.82) is 0 Å². The quantitative estimate of drug-likeness (QED) is 0.0578. The number of aryl methyl sites for hydroxylation is 1. The molecule has 5 aliphatic rings. The number of carbonyl (C=O) groups is 1. The van der Waals surface area contributed by atoms with Gasteiger partial charge in [-0.1, -0.05) is 89.5 Å². The Labute approximate surface area is 391 Å². The number of nitrogens with two attached hydrogens (primary N) is 2. The van der Waals surface area contributed by atoms with E-state index in [1.54, 1.807) is 64.2 Å². The number of phenols is 2. The molecular weight excluding hydrogens is 855 g/mol. The molecule has 2 heterocycles. The maximum atomic E-state index is 14.2. The first-order valence-corrected chi connectivity index (χ1v) is 25.8. The lowest BCUT2D eigenvalue weighted by Crippen LogP contribution is -2.23. The molecule has 0 spiro atoms. The summed E-state index contributed by atoms with van der Waals surface area (Å²) in [7, 11) is 3.36. The summed E-state index contributed by atoms with van der Waals surface area (Å²) in [4.78, 5) is 17.9. The highest BCUT2D eigenvalue weighted by Crippen LogP contribution is 2.49. The molecule has 12 heteroatoms. The number of fused-ring (bicyclic) bond motifs is 9. The summed E-state index contributed by atoms with van der Waals surface area (Å²) in [6.45, 7) is 0.225. The van der Waals surface area contributed by atoms with Gasteiger partial charge in [-0.3, -0.25) is 9.79 Å². The van der Waals surface area contributed by atoms with Gasteiger partial charge in [-0.15, -0.1) is 5.76 Å². The molecule has 0 unspecified atom stereocenters. The summed E-state index contributed by atoms with van der Waals surface area (Å²) < 4.78 is 6.14. The van der Waals surface area contributed by atoms with E-state index in [1.807, 2.05) is 18.2 Å². The minimum Gasteiger partial charge on any atom is -0.875 e. The summed E-state index contributed by atoms with van der Waals surface area (Å²) in [5.74, 6) is 7.96. The van der Waals surface area contributed by atoms with Crippen molar-refractivity contribution in [3.63, 3.8) is 0 Å². The number of aliphatic imine (C=N–C) groups is 1. The first-order chi connectivity index (χ1) is 31.4. The van der Waals surface area contributed by atoms with E-state index in [9.17, 15) is 30.3 Å². The predicted molar refractivity (Wildman–Crippen MR) is 258 cm³/mol. The van der Waals surface area contributed by atoms with Gasteiger partial charge in [0.15, 0.2) is 17.3 Å². The second-order valence-electron chi connectivity index (χ2n) is 18.7. The Morgan fingerprint density at radius 2 is 1.74 bits per heavy atom. The van der Waals surface area contributed by atoms with Crippen molar-refractivity contribution in [2.75, 3.05) is 12.4 Å². The third-order valence-corrected chi connectivity index (χ3v) is 16.6. The van der Waals surface area contributed by atoms with Crippen molar-refractivity contribution in [2.24, 2.45) is 33.7 Å². The lowest BCUT2D eigenvalue weighted by atomic mass is 9.79. The van der Waals surface area contributed by atoms with Crippen molar-refractivity contribution >= 4 is 33.1 Å². The summed E-state index contributed by atoms with van der Waals surface area (Å²) in [5, 5.41) is 58.9. The average molecular weight is 917 g/mol. The van der Waals surface area contributed by atoms with E-state index in [0.717, 1.165) is 72.8 Å². The highest BCUT2D eigenvalue weighted by molar-refractivity contribution is 8.76. The second kappa shape index (κ2) is 21.4. The van der Waals surface area contributed by atoms with Gasteiger partial charge in [0.05, 0.1) is 37.1 Å². The molecule has 3 aromatic carbocycles. The van der Waals surface area contributed by atoms with Gasteiger partial charge in [0.25, 0.3) is 0 Å². The van der Waals surface area contributed by atoms with Crippen LogP contribution in [-0.2, 0) is 23.4 Å². The van der Waals surface area contributed by atoms with Gasteiger partial charge in [-0.2, -0.15) is 0 Å². The Kier molecular flexibility index (Phi) is 15.5. The van der Waals surface area contributed by atoms with Crippen LogP contribution >= 0.6 is 21.6 Å². The van der Waals surface area contributed by atoms with E-state index in [4.69, 9.17) is 16.2 Å². The molecule has 2 aliphatic heterocycles. The zero-order valence-electron chi connectivity index (χ0n) is 37.1. The van der Waals surface area contributed by atoms with Gasteiger partial charge in [0.2, 0.25) is 0 Å². The number of unbranched alkanes of at least 4 members (excludes halogenated alkanes) is 1. The number of ketones is 1. The average Bonchev–Trinajstić information content (AvgIpc) is 4.07. The fraction of sp³-hybridized carbons (Fsp3) is 0.472. The van der Waals surface area contributed by atoms with Crippen LogP contribution in [0.5, 0.6) is 17.2 Å². The van der Waals surface area contributed by atoms with E-state index in [2.05, 4.69) is 29.0 Å². The number of ether oxygens (including phenoxy) is 1. The van der Waals surface area contributed by atoms with Crippen LogP contribution in [0.4, 0.5) is 0 Å². The fourth-order valence-corrected chi connectivity index (χ4v) is 13.0. The van der Waals surface area contributed by atoms with Gasteiger partial charge in [-0.25, -0.2) is 0 Å². The van der Waals surface area contributed by atoms with Crippen molar-refractivity contribution in [1.82, 2.24) is 0 Å². The molecule has 344 valence electrons. The van der Waals surface area contributed by atoms with Crippen molar-refractivity contribution in [3.8, 4) is 29.1 Å². The van der Waals surface area contributed by atoms with Crippen LogP contribution in [-0.4, -0.2) is 56.5 Å². The lowest BCUT2D eigenvalue weighted by Gasteiger charge is -2.28. The largest absolute Gasteiger partial charge is 0.875 e. The van der Waals surface area contributed by atoms with Gasteiger partial charge in [-0.05, 0) is 138 Å². The van der Waals surface area contributed by atoms with Crippen LogP contribution in [0.15, 0.2) is 89.3 Å². The highest BCUT2D eigenvalue weighted by Gasteiger charge is 2.42. The van der Waals surface area contributed by atoms with E-state index in [-0.39, 0.29) is 59.9 Å². The molecule has 3 aromatic rings. The smallest absolute Gasteiger partial charge is 0.161 e. The molecular formula is C53H62N3O7S2-. The third-order valence-electron chi connectivity index (χ3n) is 14.2. The summed E-state index contributed by atoms with van der Waals surface area (Å²) in [5.41, 5.74) is 19.1. The molecule has 3 aliphatic carbocycles. The van der Waals surface area contributed by atoms with E-state index >= 15 is 0 Å². The maximum absolute atomic E-state index is 14.2. The van der Waals surface area contributed by atoms with Crippen molar-refractivity contribution < 1.29 is 35.1 Å². The van der Waals surface area contributed by atoms with Gasteiger partial charge in [0.1, 0.15) is 5.75 Å². The summed E-state index contributed by atoms with van der Waals surface area (Å²) in [6, 6.07) is 14.6. The van der Waals surface area contributed by atoms with Crippen LogP contribution in [0, 0.1) is 29.1 Å². The summed E-state index contributed by atoms with van der Waals surface area (Å²) in [6.07, 6.45) is 16.5. The lowest BCUT2D eigenvalue weighted by molar-refractivity contribution is -0.307. The Hall–Kier alpha value is -4.48. The number of aliphatic hydroxyl groups excluding tert-OH is 2. The first-order valence-electron chi connectivity index (χ1n) is 23.3. The van der Waals surface area contributed by atoms with Gasteiger partial charge >= 0.3 is 0 Å². The second-order valence-corrected chi connectivity index (χ2v) is 21.2. The maximum Gasteiger partial charge on any atom is 0.161 e. The summed E-state index contributed by atoms with van der Waals surface area (Å²) >= 11 is 0. The Morgan fingerprint density at radius 1 is 0.938 bits per heavy atom. The highest BCUT2D eigenvalue weighted by atomic mass is 33.1. The van der Waals surface area contributed by atoms with Gasteiger partial charge < -0.3 is 41.7 Å². The number of aromatic hydroxyl groups is 2. The monoisotopic (exact) mass is 916 g/mol. The topological polar surface area (TPSA) is 195 Å². The molecule has 65 heavy (non-hydrogen) atoms. The number of phenolic OH excluding ortho intramolecular Hbond substituents is 2. The molecule has 2 saturated carbocycles. The number of hydrogen-bond donors (Lipinski definition) is 6. The number of rotatable bonds is 7. The Morgan fingerprint density at radius 3 is 2.55 bits per heavy atom. The standard InChI is InChI=1S/C53H63N3O7S2/c54-52(55)42-26-36-8-5-9-45-40(18-22-56-45)49(61)28-43-41(36)27-37(42)31-64-65-32-38-29-53(30-50(38)62,20-4-3-10-46(58)35-6-1-2-7-35)21-17-39(57)14-11-33-13-16-48(60)51(25-33)63-23-19-34-12-15-47(59)44(43)24-34/h12-13,15-18,21-22,24-27,35,38,43,46,50,52,58-62H,1-4,6-7,9-11,14,19-20,23,28-32,54-55H2/p-1/b21-17+,49-40?/t38-,43+,46-,50-,53-/m0/s1. The molecule has 0 aromatic heterocycles. The number of carbonyl (C=O) groups excluding carboxylic acids is 1. The third kappa shape index (κ3) is 11.6. The fourth-order valence-electron chi connectivity index (χ4n) is 10.5. The number of hydrogen-bond acceptors (Lipinski definition) is 12. The predicted octanol–water partition coefficient (Wildman–Crippen LogP) is 8.32. The van der Waals surface area contributed by atoms with Crippen LogP contribution in [0.2, 0.25) is 0 Å². The SMILES string of the molecule is NC(N)c1cc2c3cc1CSSC[C@@H]1C[C@](CCCC[C@H](O)C4CCCC4)(/C=C/C(=O)CCc4ccc(O)c(c4)OCCc4ccc(O)c(c4)[C@@H]3CC([O-])=C3C=CN=C3CC#C2)C[C@@H]1O. The van der Waals surface area contributed by atoms with Gasteiger partial charge in [0, 0.05) is 47.6 Å². The molecule has 5 atom stereocenters. The molecule has 10 nitrogen and oxygen atoms in total. The normalized spacial score (nSPS) is 25.2. The molecule has 0 saturated heterocycles. The molecule has 0 radical (unpaired) electrons.